The average Bonchev–Trinajstić information content (AvgIpc) is 3.01. The number of halogens is 1. The maximum absolute atomic E-state index is 11.7. The van der Waals surface area contributed by atoms with Crippen molar-refractivity contribution in [2.75, 3.05) is 44.3 Å². The fraction of sp³-hybridized carbons (Fsp3) is 0.950. The van der Waals surface area contributed by atoms with Crippen LogP contribution >= 0.6 is 24.0 Å². The van der Waals surface area contributed by atoms with Crippen molar-refractivity contribution in [3.05, 3.63) is 0 Å². The molecule has 6 nitrogen and oxygen atoms in total. The van der Waals surface area contributed by atoms with Gasteiger partial charge in [0.15, 0.2) is 15.8 Å². The second-order valence-corrected chi connectivity index (χ2v) is 11.1. The molecule has 0 radical (unpaired) electrons. The molecule has 164 valence electrons. The smallest absolute Gasteiger partial charge is 0.194 e. The first-order valence-corrected chi connectivity index (χ1v) is 12.6. The number of nitrogens with one attached hydrogen (secondary N) is 1. The van der Waals surface area contributed by atoms with Gasteiger partial charge in [0.1, 0.15) is 0 Å². The first-order chi connectivity index (χ1) is 12.9. The SMILES string of the molecule is CC(C)C1CCCN(C(=NCC2CCS(=O)(=O)C2)NCC2CCCCO2)C1.I. The molecule has 3 fully saturated rings. The zero-order valence-electron chi connectivity index (χ0n) is 17.4. The molecule has 3 unspecified atom stereocenters. The highest BCUT2D eigenvalue weighted by Gasteiger charge is 2.29. The monoisotopic (exact) mass is 527 g/mol. The van der Waals surface area contributed by atoms with Crippen molar-refractivity contribution in [3.63, 3.8) is 0 Å². The highest BCUT2D eigenvalue weighted by Crippen LogP contribution is 2.24. The Balaban J connectivity index is 0.00000280. The molecule has 0 amide bonds. The molecule has 3 aliphatic heterocycles. The van der Waals surface area contributed by atoms with Gasteiger partial charge in [0, 0.05) is 32.8 Å². The lowest BCUT2D eigenvalue weighted by Gasteiger charge is -2.37. The summed E-state index contributed by atoms with van der Waals surface area (Å²) in [7, 11) is -2.84. The third-order valence-electron chi connectivity index (χ3n) is 6.29. The molecule has 0 aromatic rings. The number of nitrogens with zero attached hydrogens (tertiary/aromatic N) is 2. The van der Waals surface area contributed by atoms with Gasteiger partial charge in [0.2, 0.25) is 0 Å². The van der Waals surface area contributed by atoms with Gasteiger partial charge in [0.05, 0.1) is 17.6 Å². The zero-order valence-corrected chi connectivity index (χ0v) is 20.6. The maximum atomic E-state index is 11.7. The number of likely N-dealkylation sites (tertiary alicyclic amines) is 1. The number of hydrogen-bond acceptors (Lipinski definition) is 4. The van der Waals surface area contributed by atoms with E-state index >= 15 is 0 Å². The first kappa shape index (κ1) is 24.2. The Morgan fingerprint density at radius 3 is 2.68 bits per heavy atom. The molecule has 0 aromatic heterocycles. The van der Waals surface area contributed by atoms with E-state index in [1.807, 2.05) is 0 Å². The molecule has 3 heterocycles. The number of rotatable bonds is 5. The van der Waals surface area contributed by atoms with Gasteiger partial charge in [-0.25, -0.2) is 8.42 Å². The van der Waals surface area contributed by atoms with E-state index in [4.69, 9.17) is 9.73 Å². The number of ether oxygens (including phenoxy) is 1. The van der Waals surface area contributed by atoms with E-state index in [0.29, 0.717) is 29.9 Å². The van der Waals surface area contributed by atoms with Gasteiger partial charge >= 0.3 is 0 Å². The molecule has 8 heteroatoms. The van der Waals surface area contributed by atoms with Crippen LogP contribution in [0.3, 0.4) is 0 Å². The van der Waals surface area contributed by atoms with Crippen LogP contribution in [0.5, 0.6) is 0 Å². The molecule has 0 saturated carbocycles. The maximum Gasteiger partial charge on any atom is 0.194 e. The van der Waals surface area contributed by atoms with Crippen molar-refractivity contribution < 1.29 is 13.2 Å². The summed E-state index contributed by atoms with van der Waals surface area (Å²) >= 11 is 0. The van der Waals surface area contributed by atoms with Crippen LogP contribution in [0.25, 0.3) is 0 Å². The van der Waals surface area contributed by atoms with Crippen molar-refractivity contribution in [3.8, 4) is 0 Å². The molecule has 0 bridgehead atoms. The largest absolute Gasteiger partial charge is 0.376 e. The lowest BCUT2D eigenvalue weighted by Crippen LogP contribution is -2.49. The van der Waals surface area contributed by atoms with Gasteiger partial charge in [0.25, 0.3) is 0 Å². The van der Waals surface area contributed by atoms with E-state index < -0.39 is 9.84 Å². The van der Waals surface area contributed by atoms with Crippen molar-refractivity contribution in [1.82, 2.24) is 10.2 Å². The van der Waals surface area contributed by atoms with Gasteiger partial charge in [-0.3, -0.25) is 4.99 Å². The van der Waals surface area contributed by atoms with Crippen molar-refractivity contribution >= 4 is 39.8 Å². The molecule has 0 aliphatic carbocycles. The number of aliphatic imine (C=N–C) groups is 1. The minimum Gasteiger partial charge on any atom is -0.376 e. The van der Waals surface area contributed by atoms with E-state index in [-0.39, 0.29) is 36.0 Å². The van der Waals surface area contributed by atoms with Gasteiger partial charge in [-0.2, -0.15) is 0 Å². The summed E-state index contributed by atoms with van der Waals surface area (Å²) in [6.45, 7) is 8.94. The molecule has 0 spiro atoms. The number of guanidine groups is 1. The van der Waals surface area contributed by atoms with Crippen LogP contribution in [0.4, 0.5) is 0 Å². The standard InChI is InChI=1S/C20H37N3O3S.HI/c1-16(2)18-6-5-9-23(14-18)20(22-13-19-7-3-4-10-26-19)21-12-17-8-11-27(24,25)15-17;/h16-19H,3-15H2,1-2H3,(H,21,22);1H. The van der Waals surface area contributed by atoms with E-state index in [1.165, 1.54) is 19.3 Å². The Morgan fingerprint density at radius 2 is 2.04 bits per heavy atom. The highest BCUT2D eigenvalue weighted by atomic mass is 127. The predicted octanol–water partition coefficient (Wildman–Crippen LogP) is 2.92. The normalized spacial score (nSPS) is 30.9. The zero-order chi connectivity index (χ0) is 19.3. The average molecular weight is 528 g/mol. The number of piperidine rings is 1. The van der Waals surface area contributed by atoms with Crippen LogP contribution in [-0.2, 0) is 14.6 Å². The molecule has 28 heavy (non-hydrogen) atoms. The minimum atomic E-state index is -2.84. The molecule has 3 aliphatic rings. The van der Waals surface area contributed by atoms with Gasteiger partial charge in [-0.05, 0) is 56.3 Å². The molecule has 3 atom stereocenters. The summed E-state index contributed by atoms with van der Waals surface area (Å²) in [5.41, 5.74) is 0. The Hall–Kier alpha value is -0.0900. The van der Waals surface area contributed by atoms with Gasteiger partial charge in [-0.1, -0.05) is 13.8 Å². The van der Waals surface area contributed by atoms with E-state index in [9.17, 15) is 8.42 Å². The van der Waals surface area contributed by atoms with Crippen LogP contribution in [0.1, 0.15) is 52.4 Å². The van der Waals surface area contributed by atoms with E-state index in [1.54, 1.807) is 0 Å². The quantitative estimate of drug-likeness (QED) is 0.338. The van der Waals surface area contributed by atoms with E-state index in [2.05, 4.69) is 24.1 Å². The summed E-state index contributed by atoms with van der Waals surface area (Å²) in [6, 6.07) is 0. The van der Waals surface area contributed by atoms with Crippen LogP contribution in [0.15, 0.2) is 4.99 Å². The van der Waals surface area contributed by atoms with Crippen molar-refractivity contribution in [2.45, 2.75) is 58.5 Å². The van der Waals surface area contributed by atoms with Crippen LogP contribution in [0.2, 0.25) is 0 Å². The first-order valence-electron chi connectivity index (χ1n) is 10.8. The Kier molecular flexibility index (Phi) is 9.80. The summed E-state index contributed by atoms with van der Waals surface area (Å²) < 4.78 is 29.4. The van der Waals surface area contributed by atoms with Crippen LogP contribution in [0, 0.1) is 17.8 Å². The Labute approximate surface area is 188 Å². The summed E-state index contributed by atoms with van der Waals surface area (Å²) in [5.74, 6) is 3.12. The van der Waals surface area contributed by atoms with Crippen molar-refractivity contribution in [2.24, 2.45) is 22.7 Å². The molecule has 0 aromatic carbocycles. The second-order valence-electron chi connectivity index (χ2n) is 8.90. The molecule has 3 rings (SSSR count). The second kappa shape index (κ2) is 11.3. The molecular formula is C20H38IN3O3S. The van der Waals surface area contributed by atoms with E-state index in [0.717, 1.165) is 51.5 Å². The Morgan fingerprint density at radius 1 is 1.21 bits per heavy atom. The third-order valence-corrected chi connectivity index (χ3v) is 8.12. The highest BCUT2D eigenvalue weighted by molar-refractivity contribution is 14.0. The lowest BCUT2D eigenvalue weighted by atomic mass is 9.88. The van der Waals surface area contributed by atoms with Gasteiger partial charge < -0.3 is 15.0 Å². The van der Waals surface area contributed by atoms with Crippen molar-refractivity contribution in [1.29, 1.82) is 0 Å². The number of hydrogen-bond donors (Lipinski definition) is 1. The Bertz CT molecular complexity index is 606. The minimum absolute atomic E-state index is 0. The van der Waals surface area contributed by atoms with Crippen LogP contribution < -0.4 is 5.32 Å². The fourth-order valence-corrected chi connectivity index (χ4v) is 6.27. The topological polar surface area (TPSA) is 71.0 Å². The molecule has 3 saturated heterocycles. The summed E-state index contributed by atoms with van der Waals surface area (Å²) in [4.78, 5) is 7.27. The predicted molar refractivity (Wildman–Crippen MR) is 125 cm³/mol. The number of sulfone groups is 1. The fourth-order valence-electron chi connectivity index (χ4n) is 4.42. The lowest BCUT2D eigenvalue weighted by molar-refractivity contribution is 0.0189. The third kappa shape index (κ3) is 7.31. The summed E-state index contributed by atoms with van der Waals surface area (Å²) in [5, 5.41) is 3.56. The van der Waals surface area contributed by atoms with Crippen LogP contribution in [-0.4, -0.2) is 69.7 Å². The van der Waals surface area contributed by atoms with Gasteiger partial charge in [-0.15, -0.1) is 24.0 Å². The molecule has 1 N–H and O–H groups in total. The molecular weight excluding hydrogens is 489 g/mol. The summed E-state index contributed by atoms with van der Waals surface area (Å²) in [6.07, 6.45) is 7.00.